The third-order valence-corrected chi connectivity index (χ3v) is 13.4. The van der Waals surface area contributed by atoms with Crippen LogP contribution >= 0.6 is 0 Å². The Hall–Kier alpha value is -7.94. The highest BCUT2D eigenvalue weighted by atomic mass is 15.1. The van der Waals surface area contributed by atoms with Gasteiger partial charge in [0.2, 0.25) is 0 Å². The van der Waals surface area contributed by atoms with Crippen molar-refractivity contribution in [3.63, 3.8) is 0 Å². The first-order chi connectivity index (χ1) is 30.3. The average Bonchev–Trinajstić information content (AvgIpc) is 3.94. The minimum Gasteiger partial charge on any atom is -0.310 e. The van der Waals surface area contributed by atoms with E-state index in [2.05, 4.69) is 240 Å². The molecule has 284 valence electrons. The van der Waals surface area contributed by atoms with Crippen molar-refractivity contribution in [1.82, 2.24) is 4.57 Å². The van der Waals surface area contributed by atoms with Gasteiger partial charge in [0.15, 0.2) is 0 Å². The maximum Gasteiger partial charge on any atom is 0.0725 e. The maximum absolute atomic E-state index is 2.44. The van der Waals surface area contributed by atoms with Crippen LogP contribution in [0, 0.1) is 0 Å². The summed E-state index contributed by atoms with van der Waals surface area (Å²) in [7, 11) is 0. The minimum absolute atomic E-state index is 0.393. The maximum atomic E-state index is 2.44. The Morgan fingerprint density at radius 1 is 0.311 bits per heavy atom. The Bertz CT molecular complexity index is 3500. The molecule has 1 spiro atoms. The zero-order chi connectivity index (χ0) is 40.1. The van der Waals surface area contributed by atoms with Crippen molar-refractivity contribution in [1.29, 1.82) is 0 Å². The van der Waals surface area contributed by atoms with Gasteiger partial charge in [-0.2, -0.15) is 0 Å². The molecule has 0 saturated carbocycles. The summed E-state index contributed by atoms with van der Waals surface area (Å²) < 4.78 is 2.40. The minimum atomic E-state index is -0.393. The van der Waals surface area contributed by atoms with E-state index in [-0.39, 0.29) is 0 Å². The van der Waals surface area contributed by atoms with Gasteiger partial charge in [0.1, 0.15) is 0 Å². The summed E-state index contributed by atoms with van der Waals surface area (Å²) in [4.78, 5) is 2.44. The molecule has 61 heavy (non-hydrogen) atoms. The van der Waals surface area contributed by atoms with Gasteiger partial charge in [-0.3, -0.25) is 0 Å². The van der Waals surface area contributed by atoms with E-state index in [1.54, 1.807) is 0 Å². The van der Waals surface area contributed by atoms with Crippen molar-refractivity contribution < 1.29 is 0 Å². The Balaban J connectivity index is 1.05. The zero-order valence-corrected chi connectivity index (χ0v) is 33.3. The van der Waals surface area contributed by atoms with Crippen LogP contribution in [0.3, 0.4) is 0 Å². The first kappa shape index (κ1) is 34.0. The second-order valence-corrected chi connectivity index (χ2v) is 16.4. The predicted molar refractivity (Wildman–Crippen MR) is 255 cm³/mol. The average molecular weight is 775 g/mol. The number of rotatable bonds is 5. The van der Waals surface area contributed by atoms with Crippen LogP contribution in [0.2, 0.25) is 0 Å². The molecule has 1 heterocycles. The molecule has 11 aromatic rings. The van der Waals surface area contributed by atoms with Crippen molar-refractivity contribution in [2.24, 2.45) is 0 Å². The Kier molecular flexibility index (Phi) is 7.26. The van der Waals surface area contributed by atoms with Crippen molar-refractivity contribution in [2.45, 2.75) is 5.41 Å². The second-order valence-electron chi connectivity index (χ2n) is 16.4. The SMILES string of the molecule is c1ccc(N(c2ccc3c4ccccc4n(-c4ccccc4)c3c2)c2ccc(-c3cccc4c3-c3ccccc3C43c4ccccc4-c4ccccc43)c3ccccc23)cc1. The van der Waals surface area contributed by atoms with Gasteiger partial charge < -0.3 is 9.47 Å². The van der Waals surface area contributed by atoms with Crippen molar-refractivity contribution in [3.05, 3.63) is 253 Å². The Morgan fingerprint density at radius 2 is 0.852 bits per heavy atom. The monoisotopic (exact) mass is 774 g/mol. The van der Waals surface area contributed by atoms with E-state index in [0.717, 1.165) is 22.7 Å². The molecule has 0 fully saturated rings. The summed E-state index contributed by atoms with van der Waals surface area (Å²) in [5, 5.41) is 4.90. The molecule has 0 N–H and O–H groups in total. The first-order valence-corrected chi connectivity index (χ1v) is 21.2. The van der Waals surface area contributed by atoms with Crippen LogP contribution in [-0.2, 0) is 5.41 Å². The predicted octanol–water partition coefficient (Wildman–Crippen LogP) is 15.4. The molecule has 0 bridgehead atoms. The lowest BCUT2D eigenvalue weighted by Crippen LogP contribution is -2.25. The molecule has 2 nitrogen and oxygen atoms in total. The van der Waals surface area contributed by atoms with Crippen LogP contribution in [0.4, 0.5) is 17.1 Å². The zero-order valence-electron chi connectivity index (χ0n) is 33.3. The molecule has 0 atom stereocenters. The lowest BCUT2D eigenvalue weighted by molar-refractivity contribution is 0.794. The van der Waals surface area contributed by atoms with Gasteiger partial charge in [0.25, 0.3) is 0 Å². The molecule has 2 aliphatic carbocycles. The van der Waals surface area contributed by atoms with E-state index in [4.69, 9.17) is 0 Å². The van der Waals surface area contributed by atoms with E-state index in [0.29, 0.717) is 0 Å². The number of para-hydroxylation sites is 3. The number of anilines is 3. The Labute approximate surface area is 354 Å². The molecular formula is C59H38N2. The summed E-state index contributed by atoms with van der Waals surface area (Å²) in [6.45, 7) is 0. The van der Waals surface area contributed by atoms with Crippen LogP contribution in [0.25, 0.3) is 71.6 Å². The first-order valence-electron chi connectivity index (χ1n) is 21.2. The number of hydrogen-bond acceptors (Lipinski definition) is 1. The van der Waals surface area contributed by atoms with Crippen molar-refractivity contribution in [3.8, 4) is 39.1 Å². The molecule has 0 aliphatic heterocycles. The van der Waals surface area contributed by atoms with E-state index in [9.17, 15) is 0 Å². The molecule has 0 saturated heterocycles. The van der Waals surface area contributed by atoms with Crippen LogP contribution in [0.1, 0.15) is 22.3 Å². The Morgan fingerprint density at radius 3 is 1.59 bits per heavy atom. The van der Waals surface area contributed by atoms with Crippen LogP contribution in [0.5, 0.6) is 0 Å². The van der Waals surface area contributed by atoms with Gasteiger partial charge in [0, 0.05) is 33.2 Å². The normalized spacial score (nSPS) is 13.0. The largest absolute Gasteiger partial charge is 0.310 e. The second kappa shape index (κ2) is 13.0. The molecule has 0 radical (unpaired) electrons. The van der Waals surface area contributed by atoms with Gasteiger partial charge in [-0.25, -0.2) is 0 Å². The highest BCUT2D eigenvalue weighted by Crippen LogP contribution is 2.64. The fourth-order valence-electron chi connectivity index (χ4n) is 11.0. The molecule has 0 amide bonds. The summed E-state index contributed by atoms with van der Waals surface area (Å²) in [5.74, 6) is 0. The highest BCUT2D eigenvalue weighted by molar-refractivity contribution is 6.12. The van der Waals surface area contributed by atoms with Gasteiger partial charge >= 0.3 is 0 Å². The molecule has 2 aliphatic rings. The van der Waals surface area contributed by atoms with Gasteiger partial charge in [0.05, 0.1) is 22.1 Å². The number of benzene rings is 10. The molecule has 10 aromatic carbocycles. The smallest absolute Gasteiger partial charge is 0.0725 e. The number of aromatic nitrogens is 1. The van der Waals surface area contributed by atoms with Gasteiger partial charge in [-0.1, -0.05) is 182 Å². The summed E-state index contributed by atoms with van der Waals surface area (Å²) in [6, 6.07) is 85.2. The highest BCUT2D eigenvalue weighted by Gasteiger charge is 2.52. The van der Waals surface area contributed by atoms with Crippen molar-refractivity contribution in [2.75, 3.05) is 4.90 Å². The van der Waals surface area contributed by atoms with Gasteiger partial charge in [-0.15, -0.1) is 0 Å². The number of nitrogens with zero attached hydrogens (tertiary/aromatic N) is 2. The molecule has 2 heteroatoms. The fraction of sp³-hybridized carbons (Fsp3) is 0.0169. The van der Waals surface area contributed by atoms with E-state index >= 15 is 0 Å². The molecule has 13 rings (SSSR count). The van der Waals surface area contributed by atoms with Crippen LogP contribution in [0.15, 0.2) is 231 Å². The van der Waals surface area contributed by atoms with E-state index in [1.165, 1.54) is 88.2 Å². The topological polar surface area (TPSA) is 8.17 Å². The van der Waals surface area contributed by atoms with Crippen LogP contribution < -0.4 is 4.90 Å². The summed E-state index contributed by atoms with van der Waals surface area (Å²) in [5.41, 5.74) is 19.7. The van der Waals surface area contributed by atoms with Crippen LogP contribution in [-0.4, -0.2) is 4.57 Å². The summed E-state index contributed by atoms with van der Waals surface area (Å²) in [6.07, 6.45) is 0. The van der Waals surface area contributed by atoms with Crippen molar-refractivity contribution >= 4 is 49.6 Å². The lowest BCUT2D eigenvalue weighted by Gasteiger charge is -2.30. The quantitative estimate of drug-likeness (QED) is 0.169. The standard InChI is InChI=1S/C59H38N2/c1-3-18-39(19-4-1)60(41-34-35-48-47-26-12-16-33-55(47)61(57(48)38-41)40-20-5-2-6-21-40)56-37-36-43(42-22-7-8-25-46(42)56)49-28-17-32-54-58(49)50-27-11-15-31-53(50)59(54)51-29-13-9-23-44(51)45-24-10-14-30-52(45)59/h1-38H. The number of hydrogen-bond donors (Lipinski definition) is 0. The molecular weight excluding hydrogens is 737 g/mol. The lowest BCUT2D eigenvalue weighted by atomic mass is 9.70. The third-order valence-electron chi connectivity index (χ3n) is 13.4. The van der Waals surface area contributed by atoms with Gasteiger partial charge in [-0.05, 0) is 110 Å². The summed E-state index contributed by atoms with van der Waals surface area (Å²) >= 11 is 0. The molecule has 1 aromatic heterocycles. The number of fused-ring (bicyclic) bond motifs is 14. The van der Waals surface area contributed by atoms with E-state index < -0.39 is 5.41 Å². The molecule has 0 unspecified atom stereocenters. The third kappa shape index (κ3) is 4.67. The fourth-order valence-corrected chi connectivity index (χ4v) is 11.0. The van der Waals surface area contributed by atoms with E-state index in [1.807, 2.05) is 0 Å².